The molecule has 0 radical (unpaired) electrons. The minimum atomic E-state index is -3.74. The summed E-state index contributed by atoms with van der Waals surface area (Å²) in [7, 11) is -0.609. The van der Waals surface area contributed by atoms with Gasteiger partial charge in [0, 0.05) is 20.7 Å². The molecule has 3 rings (SSSR count). The fraction of sp³-hybridized carbons (Fsp3) is 0.269. The lowest BCUT2D eigenvalue weighted by molar-refractivity contribution is -0.123. The number of sulfonamides is 1. The molecule has 186 valence electrons. The van der Waals surface area contributed by atoms with Crippen LogP contribution in [0.4, 0.5) is 5.69 Å². The highest BCUT2D eigenvalue weighted by atomic mass is 32.2. The number of nitrogens with one attached hydrogen (secondary N) is 1. The average Bonchev–Trinajstić information content (AvgIpc) is 2.87. The molecule has 0 saturated heterocycles. The summed E-state index contributed by atoms with van der Waals surface area (Å²) in [5.74, 6) is 0.810. The first-order valence-electron chi connectivity index (χ1n) is 11.1. The van der Waals surface area contributed by atoms with Crippen molar-refractivity contribution in [3.05, 3.63) is 83.9 Å². The van der Waals surface area contributed by atoms with Gasteiger partial charge in [0.05, 0.1) is 23.8 Å². The van der Waals surface area contributed by atoms with Crippen molar-refractivity contribution in [1.29, 1.82) is 0 Å². The van der Waals surface area contributed by atoms with Crippen LogP contribution in [0.1, 0.15) is 18.1 Å². The third-order valence-electron chi connectivity index (χ3n) is 5.19. The van der Waals surface area contributed by atoms with Gasteiger partial charge in [-0.3, -0.25) is 9.10 Å². The molecule has 0 bridgehead atoms. The van der Waals surface area contributed by atoms with E-state index in [-0.39, 0.29) is 17.4 Å². The molecule has 0 saturated carbocycles. The number of benzene rings is 3. The summed E-state index contributed by atoms with van der Waals surface area (Å²) in [4.78, 5) is 12.3. The molecule has 9 heteroatoms. The molecule has 35 heavy (non-hydrogen) atoms. The van der Waals surface area contributed by atoms with Crippen LogP contribution in [0.3, 0.4) is 0 Å². The second-order valence-corrected chi connectivity index (χ2v) is 9.66. The van der Waals surface area contributed by atoms with Crippen molar-refractivity contribution >= 4 is 21.6 Å². The van der Waals surface area contributed by atoms with Gasteiger partial charge in [-0.25, -0.2) is 8.42 Å². The van der Waals surface area contributed by atoms with E-state index in [9.17, 15) is 13.2 Å². The van der Waals surface area contributed by atoms with E-state index in [0.29, 0.717) is 36.9 Å². The quantitative estimate of drug-likeness (QED) is 0.409. The Hall–Kier alpha value is -3.56. The number of hydrogen-bond donors (Lipinski definition) is 1. The van der Waals surface area contributed by atoms with Crippen molar-refractivity contribution in [2.24, 2.45) is 0 Å². The first-order valence-corrected chi connectivity index (χ1v) is 12.6. The maximum atomic E-state index is 12.9. The molecule has 3 aromatic rings. The third kappa shape index (κ3) is 7.21. The monoisotopic (exact) mass is 498 g/mol. The average molecular weight is 499 g/mol. The van der Waals surface area contributed by atoms with E-state index in [0.717, 1.165) is 11.1 Å². The SMILES string of the molecule is CCOc1ccc(S(=O)(=O)N(C)c2ccc(OCC(=O)NCc3ccc(COC)cc3)cc2)cc1. The van der Waals surface area contributed by atoms with Crippen LogP contribution >= 0.6 is 0 Å². The Kier molecular flexibility index (Phi) is 9.11. The lowest BCUT2D eigenvalue weighted by Crippen LogP contribution is -2.28. The number of methoxy groups -OCH3 is 1. The summed E-state index contributed by atoms with van der Waals surface area (Å²) in [6.45, 7) is 3.15. The van der Waals surface area contributed by atoms with Gasteiger partial charge in [0.2, 0.25) is 0 Å². The number of anilines is 1. The van der Waals surface area contributed by atoms with E-state index in [1.807, 2.05) is 31.2 Å². The van der Waals surface area contributed by atoms with Crippen molar-refractivity contribution < 1.29 is 27.4 Å². The topological polar surface area (TPSA) is 94.2 Å². The van der Waals surface area contributed by atoms with Crippen LogP contribution in [-0.2, 0) is 32.7 Å². The fourth-order valence-corrected chi connectivity index (χ4v) is 4.44. The van der Waals surface area contributed by atoms with Gasteiger partial charge >= 0.3 is 0 Å². The van der Waals surface area contributed by atoms with Gasteiger partial charge in [0.15, 0.2) is 6.61 Å². The molecular formula is C26H30N2O6S. The van der Waals surface area contributed by atoms with Crippen LogP contribution in [0.5, 0.6) is 11.5 Å². The van der Waals surface area contributed by atoms with Crippen LogP contribution in [0.15, 0.2) is 77.7 Å². The summed E-state index contributed by atoms with van der Waals surface area (Å²) >= 11 is 0. The molecule has 0 unspecified atom stereocenters. The van der Waals surface area contributed by atoms with Crippen molar-refractivity contribution in [1.82, 2.24) is 5.32 Å². The molecule has 0 fully saturated rings. The second-order valence-electron chi connectivity index (χ2n) is 7.69. The zero-order valence-electron chi connectivity index (χ0n) is 20.1. The summed E-state index contributed by atoms with van der Waals surface area (Å²) in [6, 6.07) is 20.6. The molecule has 0 aliphatic heterocycles. The number of nitrogens with zero attached hydrogens (tertiary/aromatic N) is 1. The van der Waals surface area contributed by atoms with Gasteiger partial charge in [0.1, 0.15) is 11.5 Å². The Morgan fingerprint density at radius 1 is 0.857 bits per heavy atom. The first kappa shape index (κ1) is 26.1. The molecule has 0 aromatic heterocycles. The van der Waals surface area contributed by atoms with Gasteiger partial charge in [-0.15, -0.1) is 0 Å². The second kappa shape index (κ2) is 12.2. The van der Waals surface area contributed by atoms with Gasteiger partial charge < -0.3 is 19.5 Å². The largest absolute Gasteiger partial charge is 0.494 e. The molecule has 8 nitrogen and oxygen atoms in total. The van der Waals surface area contributed by atoms with Crippen LogP contribution in [0, 0.1) is 0 Å². The van der Waals surface area contributed by atoms with Gasteiger partial charge in [-0.2, -0.15) is 0 Å². The van der Waals surface area contributed by atoms with Crippen molar-refractivity contribution in [3.8, 4) is 11.5 Å². The van der Waals surface area contributed by atoms with E-state index in [1.54, 1.807) is 43.5 Å². The normalized spacial score (nSPS) is 11.1. The Morgan fingerprint density at radius 2 is 1.43 bits per heavy atom. The standard InChI is InChI=1S/C26H30N2O6S/c1-4-33-23-13-15-25(16-14-23)35(30,31)28(2)22-9-11-24(12-10-22)34-19-26(29)27-17-20-5-7-21(8-6-20)18-32-3/h5-16H,4,17-19H2,1-3H3,(H,27,29). The molecular weight excluding hydrogens is 468 g/mol. The minimum Gasteiger partial charge on any atom is -0.494 e. The molecule has 0 heterocycles. The lowest BCUT2D eigenvalue weighted by Gasteiger charge is -2.20. The maximum absolute atomic E-state index is 12.9. The molecule has 1 N–H and O–H groups in total. The molecule has 0 aliphatic rings. The Balaban J connectivity index is 1.51. The highest BCUT2D eigenvalue weighted by Crippen LogP contribution is 2.25. The summed E-state index contributed by atoms with van der Waals surface area (Å²) in [6.07, 6.45) is 0. The number of hydrogen-bond acceptors (Lipinski definition) is 6. The van der Waals surface area contributed by atoms with Gasteiger partial charge in [0.25, 0.3) is 15.9 Å². The van der Waals surface area contributed by atoms with Gasteiger partial charge in [-0.1, -0.05) is 24.3 Å². The van der Waals surface area contributed by atoms with Crippen LogP contribution in [0.25, 0.3) is 0 Å². The van der Waals surface area contributed by atoms with Crippen molar-refractivity contribution in [2.45, 2.75) is 25.0 Å². The smallest absolute Gasteiger partial charge is 0.264 e. The predicted octanol–water partition coefficient (Wildman–Crippen LogP) is 3.75. The lowest BCUT2D eigenvalue weighted by atomic mass is 10.1. The zero-order chi connectivity index (χ0) is 25.3. The number of amides is 1. The predicted molar refractivity (Wildman–Crippen MR) is 134 cm³/mol. The van der Waals surface area contributed by atoms with Crippen LogP contribution in [-0.4, -0.2) is 41.7 Å². The molecule has 1 amide bonds. The number of carbonyl (C=O) groups is 1. The van der Waals surface area contributed by atoms with Crippen LogP contribution < -0.4 is 19.1 Å². The highest BCUT2D eigenvalue weighted by molar-refractivity contribution is 7.92. The molecule has 0 atom stereocenters. The number of rotatable bonds is 12. The van der Waals surface area contributed by atoms with E-state index < -0.39 is 10.0 Å². The van der Waals surface area contributed by atoms with E-state index in [4.69, 9.17) is 14.2 Å². The summed E-state index contributed by atoms with van der Waals surface area (Å²) in [5, 5.41) is 2.81. The minimum absolute atomic E-state index is 0.151. The Bertz CT molecular complexity index is 1190. The summed E-state index contributed by atoms with van der Waals surface area (Å²) in [5.41, 5.74) is 2.50. The Labute approximate surface area is 206 Å². The number of ether oxygens (including phenoxy) is 3. The highest BCUT2D eigenvalue weighted by Gasteiger charge is 2.21. The first-order chi connectivity index (χ1) is 16.8. The van der Waals surface area contributed by atoms with E-state index in [1.165, 1.54) is 23.5 Å². The molecule has 0 spiro atoms. The van der Waals surface area contributed by atoms with Crippen molar-refractivity contribution in [2.75, 3.05) is 31.7 Å². The van der Waals surface area contributed by atoms with Gasteiger partial charge in [-0.05, 0) is 66.6 Å². The molecule has 0 aliphatic carbocycles. The third-order valence-corrected chi connectivity index (χ3v) is 6.99. The van der Waals surface area contributed by atoms with Crippen molar-refractivity contribution in [3.63, 3.8) is 0 Å². The fourth-order valence-electron chi connectivity index (χ4n) is 3.24. The van der Waals surface area contributed by atoms with E-state index in [2.05, 4.69) is 5.32 Å². The zero-order valence-corrected chi connectivity index (χ0v) is 20.9. The maximum Gasteiger partial charge on any atom is 0.264 e. The van der Waals surface area contributed by atoms with E-state index >= 15 is 0 Å². The van der Waals surface area contributed by atoms with Crippen LogP contribution in [0.2, 0.25) is 0 Å². The Morgan fingerprint density at radius 3 is 2.03 bits per heavy atom. The molecule has 3 aromatic carbocycles. The number of carbonyl (C=O) groups excluding carboxylic acids is 1. The summed E-state index contributed by atoms with van der Waals surface area (Å²) < 4.78 is 43.1.